The minimum Gasteiger partial charge on any atom is -0.256 e. The summed E-state index contributed by atoms with van der Waals surface area (Å²) in [6.45, 7) is 0. The Bertz CT molecular complexity index is 450. The molecule has 9 heteroatoms. The van der Waals surface area contributed by atoms with E-state index in [1.807, 2.05) is 0 Å². The molecule has 0 fully saturated rings. The highest BCUT2D eigenvalue weighted by molar-refractivity contribution is 8.13. The van der Waals surface area contributed by atoms with Gasteiger partial charge in [-0.1, -0.05) is 0 Å². The molecule has 1 aromatic heterocycles. The van der Waals surface area contributed by atoms with E-state index < -0.39 is 25.8 Å². The molecule has 0 aliphatic rings. The zero-order valence-corrected chi connectivity index (χ0v) is 8.28. The summed E-state index contributed by atoms with van der Waals surface area (Å²) in [5.41, 5.74) is -1.37. The largest absolute Gasteiger partial charge is 0.420 e. The van der Waals surface area contributed by atoms with Crippen molar-refractivity contribution >= 4 is 19.7 Å². The first-order valence-electron chi connectivity index (χ1n) is 3.18. The van der Waals surface area contributed by atoms with Crippen LogP contribution in [0.3, 0.4) is 0 Å². The molecule has 1 heterocycles. The molecular formula is C5H4ClF3N2O2S. The summed E-state index contributed by atoms with van der Waals surface area (Å²) in [6.07, 6.45) is -4.37. The van der Waals surface area contributed by atoms with Gasteiger partial charge >= 0.3 is 6.18 Å². The molecule has 0 aliphatic carbocycles. The predicted molar refractivity (Wildman–Crippen MR) is 41.2 cm³/mol. The van der Waals surface area contributed by atoms with Gasteiger partial charge in [-0.25, -0.2) is 8.42 Å². The average Bonchev–Trinajstić information content (AvgIpc) is 2.27. The molecule has 0 N–H and O–H groups in total. The third-order valence-corrected chi connectivity index (χ3v) is 2.81. The van der Waals surface area contributed by atoms with Crippen LogP contribution in [0.4, 0.5) is 13.2 Å². The van der Waals surface area contributed by atoms with E-state index in [1.165, 1.54) is 0 Å². The van der Waals surface area contributed by atoms with Crippen LogP contribution in [0.25, 0.3) is 0 Å². The van der Waals surface area contributed by atoms with E-state index in [0.717, 1.165) is 7.05 Å². The summed E-state index contributed by atoms with van der Waals surface area (Å²) >= 11 is 0. The van der Waals surface area contributed by atoms with Crippen molar-refractivity contribution in [1.82, 2.24) is 9.78 Å². The van der Waals surface area contributed by atoms with E-state index in [-0.39, 0.29) is 0 Å². The van der Waals surface area contributed by atoms with Crippen molar-refractivity contribution in [3.05, 3.63) is 11.8 Å². The quantitative estimate of drug-likeness (QED) is 0.706. The van der Waals surface area contributed by atoms with Gasteiger partial charge in [-0.2, -0.15) is 18.3 Å². The van der Waals surface area contributed by atoms with Crippen molar-refractivity contribution in [1.29, 1.82) is 0 Å². The first-order valence-corrected chi connectivity index (χ1v) is 5.49. The Labute approximate surface area is 81.7 Å². The fourth-order valence-electron chi connectivity index (χ4n) is 0.910. The standard InChI is InChI=1S/C5H4ClF3N2O2S/c1-11-4(14(6,12)13)3(2-10-11)5(7,8)9/h2H,1H3. The first-order chi connectivity index (χ1) is 6.14. The molecule has 0 bridgehead atoms. The molecule has 0 aromatic carbocycles. The molecule has 0 atom stereocenters. The minimum absolute atomic E-state index is 0.412. The molecule has 0 radical (unpaired) electrons. The van der Waals surface area contributed by atoms with Gasteiger partial charge in [0.25, 0.3) is 9.05 Å². The molecule has 80 valence electrons. The maximum atomic E-state index is 12.2. The number of hydrogen-bond acceptors (Lipinski definition) is 3. The van der Waals surface area contributed by atoms with Crippen molar-refractivity contribution in [2.75, 3.05) is 0 Å². The van der Waals surface area contributed by atoms with Crippen LogP contribution in [-0.2, 0) is 22.3 Å². The molecule has 0 saturated carbocycles. The van der Waals surface area contributed by atoms with Crippen LogP contribution in [0.15, 0.2) is 11.2 Å². The zero-order chi connectivity index (χ0) is 11.1. The van der Waals surface area contributed by atoms with E-state index in [4.69, 9.17) is 10.7 Å². The fraction of sp³-hybridized carbons (Fsp3) is 0.400. The Morgan fingerprint density at radius 3 is 2.29 bits per heavy atom. The Morgan fingerprint density at radius 1 is 1.50 bits per heavy atom. The van der Waals surface area contributed by atoms with Gasteiger partial charge in [0.05, 0.1) is 6.20 Å². The second-order valence-corrected chi connectivity index (χ2v) is 4.90. The van der Waals surface area contributed by atoms with Crippen molar-refractivity contribution in [3.63, 3.8) is 0 Å². The molecule has 14 heavy (non-hydrogen) atoms. The van der Waals surface area contributed by atoms with E-state index in [0.29, 0.717) is 10.9 Å². The lowest BCUT2D eigenvalue weighted by Gasteiger charge is -2.05. The molecule has 0 spiro atoms. The third kappa shape index (κ3) is 2.01. The summed E-state index contributed by atoms with van der Waals surface area (Å²) in [5, 5.41) is 2.13. The average molecular weight is 249 g/mol. The van der Waals surface area contributed by atoms with Crippen LogP contribution < -0.4 is 0 Å². The molecule has 4 nitrogen and oxygen atoms in total. The van der Waals surface area contributed by atoms with E-state index in [2.05, 4.69) is 5.10 Å². The molecule has 1 aromatic rings. The van der Waals surface area contributed by atoms with Crippen LogP contribution in [0, 0.1) is 0 Å². The normalized spacial score (nSPS) is 13.2. The highest BCUT2D eigenvalue weighted by Gasteiger charge is 2.39. The molecule has 0 saturated heterocycles. The number of aromatic nitrogens is 2. The van der Waals surface area contributed by atoms with E-state index >= 15 is 0 Å². The summed E-state index contributed by atoms with van der Waals surface area (Å²) in [5.74, 6) is 0. The molecule has 0 unspecified atom stereocenters. The van der Waals surface area contributed by atoms with Gasteiger partial charge in [-0.15, -0.1) is 0 Å². The maximum Gasteiger partial charge on any atom is 0.420 e. The lowest BCUT2D eigenvalue weighted by molar-refractivity contribution is -0.140. The summed E-state index contributed by atoms with van der Waals surface area (Å²) in [6, 6.07) is 0. The molecule has 0 amide bonds. The van der Waals surface area contributed by atoms with Gasteiger partial charge < -0.3 is 0 Å². The summed E-state index contributed by atoms with van der Waals surface area (Å²) in [7, 11) is 1.44. The number of nitrogens with zero attached hydrogens (tertiary/aromatic N) is 2. The second kappa shape index (κ2) is 3.13. The first kappa shape index (κ1) is 11.3. The third-order valence-electron chi connectivity index (χ3n) is 1.42. The van der Waals surface area contributed by atoms with Crippen LogP contribution in [0.2, 0.25) is 0 Å². The van der Waals surface area contributed by atoms with Crippen LogP contribution in [0.5, 0.6) is 0 Å². The Hall–Kier alpha value is -0.760. The smallest absolute Gasteiger partial charge is 0.256 e. The number of alkyl halides is 3. The van der Waals surface area contributed by atoms with Crippen LogP contribution in [0.1, 0.15) is 5.56 Å². The van der Waals surface area contributed by atoms with Gasteiger partial charge in [0.1, 0.15) is 5.56 Å². The fourth-order valence-corrected chi connectivity index (χ4v) is 2.25. The van der Waals surface area contributed by atoms with Gasteiger partial charge in [-0.3, -0.25) is 4.68 Å². The topological polar surface area (TPSA) is 52.0 Å². The predicted octanol–water partition coefficient (Wildman–Crippen LogP) is 1.37. The number of rotatable bonds is 1. The lowest BCUT2D eigenvalue weighted by Crippen LogP contribution is -2.11. The van der Waals surface area contributed by atoms with Crippen molar-refractivity contribution in [2.45, 2.75) is 11.2 Å². The molecule has 0 aliphatic heterocycles. The van der Waals surface area contributed by atoms with E-state index in [1.54, 1.807) is 0 Å². The van der Waals surface area contributed by atoms with E-state index in [9.17, 15) is 21.6 Å². The Morgan fingerprint density at radius 2 is 2.00 bits per heavy atom. The number of aryl methyl sites for hydroxylation is 1. The SMILES string of the molecule is Cn1ncc(C(F)(F)F)c1S(=O)(=O)Cl. The number of hydrogen-bond donors (Lipinski definition) is 0. The van der Waals surface area contributed by atoms with Gasteiger partial charge in [0, 0.05) is 17.7 Å². The highest BCUT2D eigenvalue weighted by Crippen LogP contribution is 2.34. The van der Waals surface area contributed by atoms with Crippen molar-refractivity contribution < 1.29 is 21.6 Å². The highest BCUT2D eigenvalue weighted by atomic mass is 35.7. The minimum atomic E-state index is -4.79. The summed E-state index contributed by atoms with van der Waals surface area (Å²) in [4.78, 5) is 0. The summed E-state index contributed by atoms with van der Waals surface area (Å²) < 4.78 is 58.8. The van der Waals surface area contributed by atoms with Gasteiger partial charge in [-0.05, 0) is 0 Å². The van der Waals surface area contributed by atoms with Crippen LogP contribution >= 0.6 is 10.7 Å². The lowest BCUT2D eigenvalue weighted by atomic mass is 10.3. The van der Waals surface area contributed by atoms with Gasteiger partial charge in [0.15, 0.2) is 5.03 Å². The Kier molecular flexibility index (Phi) is 2.53. The molecular weight excluding hydrogens is 245 g/mol. The maximum absolute atomic E-state index is 12.2. The monoisotopic (exact) mass is 248 g/mol. The van der Waals surface area contributed by atoms with Crippen molar-refractivity contribution in [2.24, 2.45) is 7.05 Å². The number of halogens is 4. The van der Waals surface area contributed by atoms with Crippen molar-refractivity contribution in [3.8, 4) is 0 Å². The Balaban J connectivity index is 3.51. The van der Waals surface area contributed by atoms with Crippen LogP contribution in [-0.4, -0.2) is 18.2 Å². The zero-order valence-electron chi connectivity index (χ0n) is 6.71. The second-order valence-electron chi connectivity index (χ2n) is 2.42. The van der Waals surface area contributed by atoms with Gasteiger partial charge in [0.2, 0.25) is 0 Å². The molecule has 1 rings (SSSR count).